The number of rotatable bonds is 5. The lowest BCUT2D eigenvalue weighted by Gasteiger charge is -2.44. The second kappa shape index (κ2) is 5.63. The number of nitrogens with zero attached hydrogens (tertiary/aromatic N) is 1. The summed E-state index contributed by atoms with van der Waals surface area (Å²) in [7, 11) is 0. The smallest absolute Gasteiger partial charge is 0.318 e. The average molecular weight is 268 g/mol. The van der Waals surface area contributed by atoms with Crippen LogP contribution in [0.5, 0.6) is 0 Å². The van der Waals surface area contributed by atoms with Crippen LogP contribution in [0.3, 0.4) is 0 Å². The Labute approximate surface area is 114 Å². The molecule has 1 fully saturated rings. The molecule has 0 aromatic heterocycles. The lowest BCUT2D eigenvalue weighted by atomic mass is 9.74. The molecule has 5 nitrogen and oxygen atoms in total. The maximum atomic E-state index is 12.3. The SMILES string of the molecule is C=CCN(C(=O)NC1(CC(=O)O)CCC1)C(C)(C)C. The zero-order valence-electron chi connectivity index (χ0n) is 12.0. The van der Waals surface area contributed by atoms with Gasteiger partial charge in [-0.1, -0.05) is 6.08 Å². The number of urea groups is 1. The first-order chi connectivity index (χ1) is 8.70. The molecule has 0 unspecified atom stereocenters. The van der Waals surface area contributed by atoms with E-state index < -0.39 is 11.5 Å². The van der Waals surface area contributed by atoms with Gasteiger partial charge in [0.1, 0.15) is 0 Å². The van der Waals surface area contributed by atoms with Crippen LogP contribution in [0, 0.1) is 0 Å². The summed E-state index contributed by atoms with van der Waals surface area (Å²) in [4.78, 5) is 24.9. The van der Waals surface area contributed by atoms with Crippen molar-refractivity contribution < 1.29 is 14.7 Å². The predicted molar refractivity (Wildman–Crippen MR) is 74.0 cm³/mol. The topological polar surface area (TPSA) is 69.6 Å². The molecule has 0 bridgehead atoms. The van der Waals surface area contributed by atoms with E-state index >= 15 is 0 Å². The maximum Gasteiger partial charge on any atom is 0.318 e. The van der Waals surface area contributed by atoms with Crippen molar-refractivity contribution in [3.05, 3.63) is 12.7 Å². The molecule has 2 amide bonds. The van der Waals surface area contributed by atoms with Gasteiger partial charge in [0.05, 0.1) is 12.0 Å². The number of hydrogen-bond acceptors (Lipinski definition) is 2. The van der Waals surface area contributed by atoms with E-state index in [4.69, 9.17) is 5.11 Å². The van der Waals surface area contributed by atoms with E-state index in [9.17, 15) is 9.59 Å². The molecule has 1 aliphatic rings. The summed E-state index contributed by atoms with van der Waals surface area (Å²) in [6.45, 7) is 9.94. The molecule has 0 radical (unpaired) electrons. The largest absolute Gasteiger partial charge is 0.481 e. The molecule has 0 aliphatic heterocycles. The zero-order chi connectivity index (χ0) is 14.7. The molecule has 1 saturated carbocycles. The number of carbonyl (C=O) groups is 2. The molecule has 2 N–H and O–H groups in total. The number of nitrogens with one attached hydrogen (secondary N) is 1. The van der Waals surface area contributed by atoms with Crippen molar-refractivity contribution in [1.82, 2.24) is 10.2 Å². The van der Waals surface area contributed by atoms with Crippen molar-refractivity contribution in [1.29, 1.82) is 0 Å². The molecule has 5 heteroatoms. The van der Waals surface area contributed by atoms with Gasteiger partial charge in [0.2, 0.25) is 0 Å². The number of hydrogen-bond donors (Lipinski definition) is 2. The predicted octanol–water partition coefficient (Wildman–Crippen LogP) is 2.38. The van der Waals surface area contributed by atoms with Gasteiger partial charge in [-0.15, -0.1) is 6.58 Å². The van der Waals surface area contributed by atoms with Crippen LogP contribution in [-0.2, 0) is 4.79 Å². The first-order valence-electron chi connectivity index (χ1n) is 6.63. The van der Waals surface area contributed by atoms with Crippen LogP contribution in [-0.4, -0.2) is 39.6 Å². The molecule has 0 saturated heterocycles. The van der Waals surface area contributed by atoms with Gasteiger partial charge in [-0.2, -0.15) is 0 Å². The van der Waals surface area contributed by atoms with E-state index in [2.05, 4.69) is 11.9 Å². The van der Waals surface area contributed by atoms with Crippen molar-refractivity contribution in [2.75, 3.05) is 6.54 Å². The zero-order valence-corrected chi connectivity index (χ0v) is 12.0. The summed E-state index contributed by atoms with van der Waals surface area (Å²) < 4.78 is 0. The Hall–Kier alpha value is -1.52. The standard InChI is InChI=1S/C14H24N2O3/c1-5-9-16(13(2,3)4)12(19)15-14(7-6-8-14)10-11(17)18/h5H,1,6-10H2,2-4H3,(H,15,19)(H,17,18). The number of carbonyl (C=O) groups excluding carboxylic acids is 1. The molecule has 19 heavy (non-hydrogen) atoms. The number of carboxylic acid groups (broad SMARTS) is 1. The van der Waals surface area contributed by atoms with Gasteiger partial charge in [-0.3, -0.25) is 4.79 Å². The third-order valence-corrected chi connectivity index (χ3v) is 3.54. The van der Waals surface area contributed by atoms with Crippen LogP contribution in [0.25, 0.3) is 0 Å². The van der Waals surface area contributed by atoms with E-state index in [0.717, 1.165) is 19.3 Å². The third kappa shape index (κ3) is 3.98. The quantitative estimate of drug-likeness (QED) is 0.752. The van der Waals surface area contributed by atoms with E-state index in [1.165, 1.54) is 0 Å². The van der Waals surface area contributed by atoms with Gasteiger partial charge in [0, 0.05) is 12.1 Å². The fourth-order valence-electron chi connectivity index (χ4n) is 2.32. The lowest BCUT2D eigenvalue weighted by Crippen LogP contribution is -2.60. The van der Waals surface area contributed by atoms with E-state index in [1.54, 1.807) is 11.0 Å². The van der Waals surface area contributed by atoms with Crippen molar-refractivity contribution in [2.24, 2.45) is 0 Å². The molecule has 0 aromatic carbocycles. The highest BCUT2D eigenvalue weighted by atomic mass is 16.4. The highest BCUT2D eigenvalue weighted by molar-refractivity contribution is 5.78. The van der Waals surface area contributed by atoms with Crippen LogP contribution in [0.15, 0.2) is 12.7 Å². The van der Waals surface area contributed by atoms with Crippen LogP contribution in [0.2, 0.25) is 0 Å². The molecule has 0 heterocycles. The van der Waals surface area contributed by atoms with Crippen LogP contribution in [0.4, 0.5) is 4.79 Å². The summed E-state index contributed by atoms with van der Waals surface area (Å²) in [5.74, 6) is -0.869. The highest BCUT2D eigenvalue weighted by Crippen LogP contribution is 2.35. The van der Waals surface area contributed by atoms with Gasteiger partial charge in [0.25, 0.3) is 0 Å². The van der Waals surface area contributed by atoms with Gasteiger partial charge in [-0.25, -0.2) is 4.79 Å². The molecule has 0 spiro atoms. The highest BCUT2D eigenvalue weighted by Gasteiger charge is 2.42. The number of amides is 2. The monoisotopic (exact) mass is 268 g/mol. The molecule has 1 rings (SSSR count). The Morgan fingerprint density at radius 3 is 2.32 bits per heavy atom. The molecule has 108 valence electrons. The molecule has 0 atom stereocenters. The van der Waals surface area contributed by atoms with E-state index in [1.807, 2.05) is 20.8 Å². The van der Waals surface area contributed by atoms with Crippen molar-refractivity contribution >= 4 is 12.0 Å². The average Bonchev–Trinajstić information content (AvgIpc) is 2.20. The van der Waals surface area contributed by atoms with Crippen LogP contribution >= 0.6 is 0 Å². The number of carboxylic acids is 1. The van der Waals surface area contributed by atoms with E-state index in [-0.39, 0.29) is 18.0 Å². The summed E-state index contributed by atoms with van der Waals surface area (Å²) in [6, 6.07) is -0.214. The normalized spacial score (nSPS) is 17.2. The Morgan fingerprint density at radius 1 is 1.42 bits per heavy atom. The Morgan fingerprint density at radius 2 is 2.00 bits per heavy atom. The summed E-state index contributed by atoms with van der Waals surface area (Å²) >= 11 is 0. The first kappa shape index (κ1) is 15.5. The number of aliphatic carboxylic acids is 1. The van der Waals surface area contributed by atoms with Crippen molar-refractivity contribution in [3.8, 4) is 0 Å². The third-order valence-electron chi connectivity index (χ3n) is 3.54. The van der Waals surface area contributed by atoms with E-state index in [0.29, 0.717) is 6.54 Å². The molecule has 1 aliphatic carbocycles. The molecule has 0 aromatic rings. The minimum atomic E-state index is -0.869. The minimum Gasteiger partial charge on any atom is -0.481 e. The molecular formula is C14H24N2O3. The molecular weight excluding hydrogens is 244 g/mol. The Balaban J connectivity index is 2.75. The van der Waals surface area contributed by atoms with Gasteiger partial charge in [0.15, 0.2) is 0 Å². The van der Waals surface area contributed by atoms with Crippen LogP contribution in [0.1, 0.15) is 46.5 Å². The van der Waals surface area contributed by atoms with Gasteiger partial charge >= 0.3 is 12.0 Å². The minimum absolute atomic E-state index is 0.00911. The van der Waals surface area contributed by atoms with Crippen molar-refractivity contribution in [3.63, 3.8) is 0 Å². The summed E-state index contributed by atoms with van der Waals surface area (Å²) in [6.07, 6.45) is 4.10. The van der Waals surface area contributed by atoms with Crippen molar-refractivity contribution in [2.45, 2.75) is 57.5 Å². The van der Waals surface area contributed by atoms with Crippen LogP contribution < -0.4 is 5.32 Å². The fourth-order valence-corrected chi connectivity index (χ4v) is 2.32. The Kier molecular flexibility index (Phi) is 4.61. The first-order valence-corrected chi connectivity index (χ1v) is 6.63. The van der Waals surface area contributed by atoms with Gasteiger partial charge in [-0.05, 0) is 40.0 Å². The summed E-state index contributed by atoms with van der Waals surface area (Å²) in [5, 5.41) is 11.9. The lowest BCUT2D eigenvalue weighted by molar-refractivity contribution is -0.139. The fraction of sp³-hybridized carbons (Fsp3) is 0.714. The Bertz CT molecular complexity index is 367. The maximum absolute atomic E-state index is 12.3. The summed E-state index contributed by atoms with van der Waals surface area (Å²) in [5.41, 5.74) is -0.889. The van der Waals surface area contributed by atoms with Gasteiger partial charge < -0.3 is 15.3 Å². The second-order valence-electron chi connectivity index (χ2n) is 6.20. The second-order valence-corrected chi connectivity index (χ2v) is 6.20.